The van der Waals surface area contributed by atoms with E-state index in [0.29, 0.717) is 18.7 Å². The van der Waals surface area contributed by atoms with Crippen LogP contribution >= 0.6 is 0 Å². The molecule has 0 radical (unpaired) electrons. The molecule has 0 heterocycles. The quantitative estimate of drug-likeness (QED) is 0.617. The fourth-order valence-corrected chi connectivity index (χ4v) is 1.66. The van der Waals surface area contributed by atoms with Gasteiger partial charge >= 0.3 is 0 Å². The number of carbonyl (C=O) groups excluding carboxylic acids is 1. The van der Waals surface area contributed by atoms with Crippen LogP contribution < -0.4 is 16.4 Å². The molecule has 4 N–H and O–H groups in total. The zero-order chi connectivity index (χ0) is 13.2. The highest BCUT2D eigenvalue weighted by Crippen LogP contribution is 2.14. The smallest absolute Gasteiger partial charge is 0.253 e. The van der Waals surface area contributed by atoms with Gasteiger partial charge in [0.25, 0.3) is 5.91 Å². The van der Waals surface area contributed by atoms with Crippen molar-refractivity contribution in [2.24, 2.45) is 5.73 Å². The first kappa shape index (κ1) is 14.5. The summed E-state index contributed by atoms with van der Waals surface area (Å²) in [5.41, 5.74) is 7.02. The van der Waals surface area contributed by atoms with E-state index >= 15 is 0 Å². The van der Waals surface area contributed by atoms with Gasteiger partial charge in [0.1, 0.15) is 0 Å². The van der Waals surface area contributed by atoms with Crippen molar-refractivity contribution >= 4 is 11.6 Å². The lowest BCUT2D eigenvalue weighted by atomic mass is 10.1. The molecule has 0 bridgehead atoms. The summed E-state index contributed by atoms with van der Waals surface area (Å²) in [6.45, 7) is 4.32. The average Bonchev–Trinajstić information content (AvgIpc) is 2.41. The number of unbranched alkanes of at least 4 members (excludes halogenated alkanes) is 1. The maximum atomic E-state index is 12.0. The number of hydrogen-bond donors (Lipinski definition) is 3. The summed E-state index contributed by atoms with van der Waals surface area (Å²) in [6.07, 6.45) is 2.90. The standard InChI is InChI=1S/C14H23N3O/c1-2-10-16-13-8-4-3-7-12(13)14(18)17-11-6-5-9-15/h3-4,7-8,16H,2,5-6,9-11,15H2,1H3,(H,17,18). The maximum absolute atomic E-state index is 12.0. The molecule has 0 unspecified atom stereocenters. The van der Waals surface area contributed by atoms with E-state index in [4.69, 9.17) is 5.73 Å². The molecule has 1 aromatic rings. The zero-order valence-corrected chi connectivity index (χ0v) is 11.0. The number of anilines is 1. The molecule has 0 saturated carbocycles. The molecule has 0 atom stereocenters. The van der Waals surface area contributed by atoms with Gasteiger partial charge < -0.3 is 16.4 Å². The third kappa shape index (κ3) is 4.75. The van der Waals surface area contributed by atoms with E-state index in [9.17, 15) is 4.79 Å². The summed E-state index contributed by atoms with van der Waals surface area (Å²) in [7, 11) is 0. The number of amides is 1. The number of carbonyl (C=O) groups is 1. The lowest BCUT2D eigenvalue weighted by Crippen LogP contribution is -2.25. The van der Waals surface area contributed by atoms with Crippen LogP contribution in [0.2, 0.25) is 0 Å². The first-order valence-electron chi connectivity index (χ1n) is 6.60. The number of para-hydroxylation sites is 1. The first-order chi connectivity index (χ1) is 8.79. The number of rotatable bonds is 8. The molecule has 0 aliphatic rings. The third-order valence-corrected chi connectivity index (χ3v) is 2.65. The molecular weight excluding hydrogens is 226 g/mol. The van der Waals surface area contributed by atoms with Gasteiger partial charge in [0.2, 0.25) is 0 Å². The molecule has 1 aromatic carbocycles. The molecular formula is C14H23N3O. The van der Waals surface area contributed by atoms with Gasteiger partial charge in [0.05, 0.1) is 5.56 Å². The molecule has 100 valence electrons. The van der Waals surface area contributed by atoms with Gasteiger partial charge in [-0.1, -0.05) is 19.1 Å². The van der Waals surface area contributed by atoms with Crippen LogP contribution in [0.25, 0.3) is 0 Å². The number of benzene rings is 1. The molecule has 0 aliphatic carbocycles. The average molecular weight is 249 g/mol. The second-order valence-corrected chi connectivity index (χ2v) is 4.22. The monoisotopic (exact) mass is 249 g/mol. The minimum atomic E-state index is -0.0220. The van der Waals surface area contributed by atoms with E-state index in [1.807, 2.05) is 24.3 Å². The van der Waals surface area contributed by atoms with Crippen LogP contribution in [-0.4, -0.2) is 25.5 Å². The maximum Gasteiger partial charge on any atom is 0.253 e. The van der Waals surface area contributed by atoms with Crippen molar-refractivity contribution in [2.45, 2.75) is 26.2 Å². The Morgan fingerprint density at radius 3 is 2.72 bits per heavy atom. The summed E-state index contributed by atoms with van der Waals surface area (Å²) in [6, 6.07) is 7.59. The van der Waals surface area contributed by atoms with Crippen molar-refractivity contribution in [1.82, 2.24) is 5.32 Å². The van der Waals surface area contributed by atoms with Crippen LogP contribution in [0.1, 0.15) is 36.5 Å². The van der Waals surface area contributed by atoms with Gasteiger partial charge in [-0.15, -0.1) is 0 Å². The number of nitrogens with one attached hydrogen (secondary N) is 2. The predicted octanol–water partition coefficient (Wildman–Crippen LogP) is 1.98. The SMILES string of the molecule is CCCNc1ccccc1C(=O)NCCCCN. The molecule has 1 amide bonds. The topological polar surface area (TPSA) is 67.2 Å². The molecule has 0 fully saturated rings. The fraction of sp³-hybridized carbons (Fsp3) is 0.500. The van der Waals surface area contributed by atoms with E-state index in [0.717, 1.165) is 31.5 Å². The second-order valence-electron chi connectivity index (χ2n) is 4.22. The Labute approximate surface area is 109 Å². The van der Waals surface area contributed by atoms with E-state index in [1.54, 1.807) is 0 Å². The molecule has 1 rings (SSSR count). The Balaban J connectivity index is 2.55. The minimum Gasteiger partial charge on any atom is -0.384 e. The molecule has 4 heteroatoms. The van der Waals surface area contributed by atoms with Crippen molar-refractivity contribution in [3.8, 4) is 0 Å². The first-order valence-corrected chi connectivity index (χ1v) is 6.60. The van der Waals surface area contributed by atoms with Gasteiger partial charge in [-0.2, -0.15) is 0 Å². The Morgan fingerprint density at radius 2 is 2.00 bits per heavy atom. The summed E-state index contributed by atoms with van der Waals surface area (Å²) < 4.78 is 0. The van der Waals surface area contributed by atoms with E-state index in [-0.39, 0.29) is 5.91 Å². The van der Waals surface area contributed by atoms with Crippen molar-refractivity contribution in [3.63, 3.8) is 0 Å². The number of hydrogen-bond acceptors (Lipinski definition) is 3. The van der Waals surface area contributed by atoms with Crippen molar-refractivity contribution in [2.75, 3.05) is 25.0 Å². The van der Waals surface area contributed by atoms with Crippen LogP contribution in [0.4, 0.5) is 5.69 Å². The Morgan fingerprint density at radius 1 is 1.22 bits per heavy atom. The predicted molar refractivity (Wildman–Crippen MR) is 75.8 cm³/mol. The molecule has 0 saturated heterocycles. The summed E-state index contributed by atoms with van der Waals surface area (Å²) in [4.78, 5) is 12.0. The lowest BCUT2D eigenvalue weighted by molar-refractivity contribution is 0.0954. The van der Waals surface area contributed by atoms with Crippen molar-refractivity contribution in [1.29, 1.82) is 0 Å². The van der Waals surface area contributed by atoms with Crippen LogP contribution in [0.3, 0.4) is 0 Å². The number of nitrogens with two attached hydrogens (primary N) is 1. The van der Waals surface area contributed by atoms with Gasteiger partial charge in [-0.25, -0.2) is 0 Å². The molecule has 0 aromatic heterocycles. The van der Waals surface area contributed by atoms with Crippen LogP contribution in [0.15, 0.2) is 24.3 Å². The van der Waals surface area contributed by atoms with Crippen molar-refractivity contribution < 1.29 is 4.79 Å². The summed E-state index contributed by atoms with van der Waals surface area (Å²) >= 11 is 0. The molecule has 0 spiro atoms. The lowest BCUT2D eigenvalue weighted by Gasteiger charge is -2.11. The Kier molecular flexibility index (Phi) is 6.87. The highest BCUT2D eigenvalue weighted by atomic mass is 16.1. The highest BCUT2D eigenvalue weighted by molar-refractivity contribution is 5.99. The minimum absolute atomic E-state index is 0.0220. The van der Waals surface area contributed by atoms with E-state index in [1.165, 1.54) is 0 Å². The van der Waals surface area contributed by atoms with Crippen molar-refractivity contribution in [3.05, 3.63) is 29.8 Å². The van der Waals surface area contributed by atoms with Crippen LogP contribution in [0, 0.1) is 0 Å². The van der Waals surface area contributed by atoms with Gasteiger partial charge in [0, 0.05) is 18.8 Å². The normalized spacial score (nSPS) is 10.1. The zero-order valence-electron chi connectivity index (χ0n) is 11.0. The second kappa shape index (κ2) is 8.53. The summed E-state index contributed by atoms with van der Waals surface area (Å²) in [5, 5.41) is 6.18. The highest BCUT2D eigenvalue weighted by Gasteiger charge is 2.09. The Hall–Kier alpha value is -1.55. The molecule has 18 heavy (non-hydrogen) atoms. The van der Waals surface area contributed by atoms with E-state index in [2.05, 4.69) is 17.6 Å². The molecule has 4 nitrogen and oxygen atoms in total. The largest absolute Gasteiger partial charge is 0.384 e. The van der Waals surface area contributed by atoms with Crippen LogP contribution in [0.5, 0.6) is 0 Å². The van der Waals surface area contributed by atoms with Gasteiger partial charge in [-0.3, -0.25) is 4.79 Å². The van der Waals surface area contributed by atoms with Gasteiger partial charge in [0.15, 0.2) is 0 Å². The fourth-order valence-electron chi connectivity index (χ4n) is 1.66. The summed E-state index contributed by atoms with van der Waals surface area (Å²) in [5.74, 6) is -0.0220. The van der Waals surface area contributed by atoms with E-state index < -0.39 is 0 Å². The van der Waals surface area contributed by atoms with Crippen LogP contribution in [-0.2, 0) is 0 Å². The third-order valence-electron chi connectivity index (χ3n) is 2.65. The molecule has 0 aliphatic heterocycles. The Bertz CT molecular complexity index is 366. The van der Waals surface area contributed by atoms with Gasteiger partial charge in [-0.05, 0) is 37.9 Å².